The third-order valence-corrected chi connectivity index (χ3v) is 3.21. The number of nitrogens with one attached hydrogen (secondary N) is 1. The summed E-state index contributed by atoms with van der Waals surface area (Å²) in [5, 5.41) is 2.47. The van der Waals surface area contributed by atoms with Crippen LogP contribution in [0, 0.1) is 11.6 Å². The molecule has 0 aromatic heterocycles. The zero-order valence-corrected chi connectivity index (χ0v) is 12.6. The molecule has 0 aliphatic carbocycles. The van der Waals surface area contributed by atoms with Gasteiger partial charge in [-0.1, -0.05) is 23.7 Å². The Morgan fingerprint density at radius 1 is 1.13 bits per heavy atom. The van der Waals surface area contributed by atoms with Crippen LogP contribution in [-0.4, -0.2) is 18.5 Å². The number of carbonyl (C=O) groups excluding carboxylic acids is 2. The van der Waals surface area contributed by atoms with Crippen LogP contribution >= 0.6 is 11.6 Å². The number of halogens is 3. The normalized spacial score (nSPS) is 10.2. The number of hydrogen-bond donors (Lipinski definition) is 1. The first-order valence-electron chi connectivity index (χ1n) is 6.59. The standard InChI is InChI=1S/C16H12ClF2NO3/c17-13-5-2-6-14(19)12(13)8-16(22)23-9-15(21)20-11-4-1-3-10(18)7-11/h1-7H,8-9H2,(H,20,21). The van der Waals surface area contributed by atoms with Crippen molar-refractivity contribution < 1.29 is 23.1 Å². The molecule has 0 spiro atoms. The number of rotatable bonds is 5. The Morgan fingerprint density at radius 2 is 1.87 bits per heavy atom. The van der Waals surface area contributed by atoms with Crippen LogP contribution in [0.5, 0.6) is 0 Å². The Hall–Kier alpha value is -2.47. The van der Waals surface area contributed by atoms with Gasteiger partial charge in [-0.2, -0.15) is 0 Å². The molecule has 0 saturated heterocycles. The van der Waals surface area contributed by atoms with Crippen LogP contribution < -0.4 is 5.32 Å². The van der Waals surface area contributed by atoms with Gasteiger partial charge in [0.2, 0.25) is 0 Å². The molecule has 2 aromatic rings. The lowest BCUT2D eigenvalue weighted by atomic mass is 10.1. The van der Waals surface area contributed by atoms with E-state index in [-0.39, 0.29) is 16.3 Å². The molecule has 0 heterocycles. The van der Waals surface area contributed by atoms with Gasteiger partial charge < -0.3 is 10.1 Å². The van der Waals surface area contributed by atoms with Crippen molar-refractivity contribution in [2.75, 3.05) is 11.9 Å². The zero-order valence-electron chi connectivity index (χ0n) is 11.8. The molecule has 0 saturated carbocycles. The summed E-state index contributed by atoms with van der Waals surface area (Å²) < 4.78 is 31.2. The molecule has 120 valence electrons. The lowest BCUT2D eigenvalue weighted by Crippen LogP contribution is -2.22. The van der Waals surface area contributed by atoms with Crippen molar-refractivity contribution in [3.8, 4) is 0 Å². The minimum atomic E-state index is -0.800. The maximum Gasteiger partial charge on any atom is 0.310 e. The van der Waals surface area contributed by atoms with Crippen LogP contribution in [0.1, 0.15) is 5.56 Å². The maximum absolute atomic E-state index is 13.5. The molecule has 0 bridgehead atoms. The van der Waals surface area contributed by atoms with Gasteiger partial charge in [0.15, 0.2) is 6.61 Å². The molecule has 1 amide bonds. The van der Waals surface area contributed by atoms with Crippen molar-refractivity contribution in [1.29, 1.82) is 0 Å². The Kier molecular flexibility index (Phi) is 5.65. The van der Waals surface area contributed by atoms with E-state index in [0.717, 1.165) is 6.07 Å². The second-order valence-electron chi connectivity index (χ2n) is 4.60. The van der Waals surface area contributed by atoms with E-state index >= 15 is 0 Å². The first-order valence-corrected chi connectivity index (χ1v) is 6.97. The minimum absolute atomic E-state index is 0.00436. The fourth-order valence-corrected chi connectivity index (χ4v) is 2.04. The van der Waals surface area contributed by atoms with Crippen molar-refractivity contribution in [1.82, 2.24) is 0 Å². The van der Waals surface area contributed by atoms with E-state index in [0.29, 0.717) is 0 Å². The van der Waals surface area contributed by atoms with Gasteiger partial charge in [-0.25, -0.2) is 8.78 Å². The van der Waals surface area contributed by atoms with Crippen molar-refractivity contribution in [3.05, 3.63) is 64.7 Å². The third kappa shape index (κ3) is 5.03. The lowest BCUT2D eigenvalue weighted by molar-refractivity contribution is -0.146. The molecular weight excluding hydrogens is 328 g/mol. The summed E-state index contributed by atoms with van der Waals surface area (Å²) in [5.41, 5.74) is 0.243. The highest BCUT2D eigenvalue weighted by Crippen LogP contribution is 2.19. The number of amides is 1. The highest BCUT2D eigenvalue weighted by atomic mass is 35.5. The monoisotopic (exact) mass is 339 g/mol. The van der Waals surface area contributed by atoms with Crippen LogP contribution in [-0.2, 0) is 20.7 Å². The maximum atomic E-state index is 13.5. The molecule has 0 aliphatic heterocycles. The van der Waals surface area contributed by atoms with E-state index in [2.05, 4.69) is 5.32 Å². The average molecular weight is 340 g/mol. The molecule has 0 unspecified atom stereocenters. The SMILES string of the molecule is O=C(COC(=O)Cc1c(F)cccc1Cl)Nc1cccc(F)c1. The Morgan fingerprint density at radius 3 is 2.57 bits per heavy atom. The van der Waals surface area contributed by atoms with E-state index in [1.165, 1.54) is 36.4 Å². The quantitative estimate of drug-likeness (QED) is 0.850. The molecule has 0 radical (unpaired) electrons. The van der Waals surface area contributed by atoms with Gasteiger partial charge in [-0.15, -0.1) is 0 Å². The number of anilines is 1. The fourth-order valence-electron chi connectivity index (χ4n) is 1.81. The van der Waals surface area contributed by atoms with Crippen LogP contribution in [0.2, 0.25) is 5.02 Å². The number of esters is 1. The van der Waals surface area contributed by atoms with E-state index in [1.54, 1.807) is 0 Å². The van der Waals surface area contributed by atoms with Crippen molar-refractivity contribution in [3.63, 3.8) is 0 Å². The number of benzene rings is 2. The molecule has 2 aromatic carbocycles. The fraction of sp³-hybridized carbons (Fsp3) is 0.125. The van der Waals surface area contributed by atoms with Crippen LogP contribution in [0.15, 0.2) is 42.5 Å². The summed E-state index contributed by atoms with van der Waals surface area (Å²) in [6.07, 6.45) is -0.390. The number of carbonyl (C=O) groups is 2. The Bertz CT molecular complexity index is 717. The molecule has 0 fully saturated rings. The highest BCUT2D eigenvalue weighted by Gasteiger charge is 2.14. The number of ether oxygens (including phenoxy) is 1. The van der Waals surface area contributed by atoms with Gasteiger partial charge in [-0.3, -0.25) is 9.59 Å². The Balaban J connectivity index is 1.85. The van der Waals surface area contributed by atoms with Gasteiger partial charge in [-0.05, 0) is 30.3 Å². The first-order chi connectivity index (χ1) is 11.0. The zero-order chi connectivity index (χ0) is 16.8. The summed E-state index contributed by atoms with van der Waals surface area (Å²) in [7, 11) is 0. The van der Waals surface area contributed by atoms with E-state index in [9.17, 15) is 18.4 Å². The van der Waals surface area contributed by atoms with Gasteiger partial charge in [0.25, 0.3) is 5.91 Å². The summed E-state index contributed by atoms with van der Waals surface area (Å²) >= 11 is 5.80. The summed E-state index contributed by atoms with van der Waals surface area (Å²) in [6.45, 7) is -0.568. The molecule has 1 N–H and O–H groups in total. The molecule has 2 rings (SSSR count). The minimum Gasteiger partial charge on any atom is -0.455 e. The summed E-state index contributed by atoms with van der Waals surface area (Å²) in [5.74, 6) is -2.57. The summed E-state index contributed by atoms with van der Waals surface area (Å²) in [6, 6.07) is 9.31. The smallest absolute Gasteiger partial charge is 0.310 e. The van der Waals surface area contributed by atoms with Crippen molar-refractivity contribution >= 4 is 29.2 Å². The van der Waals surface area contributed by atoms with Gasteiger partial charge >= 0.3 is 5.97 Å². The van der Waals surface area contributed by atoms with Gasteiger partial charge in [0, 0.05) is 16.3 Å². The van der Waals surface area contributed by atoms with Crippen molar-refractivity contribution in [2.24, 2.45) is 0 Å². The third-order valence-electron chi connectivity index (χ3n) is 2.86. The van der Waals surface area contributed by atoms with E-state index in [4.69, 9.17) is 16.3 Å². The molecule has 7 heteroatoms. The second-order valence-corrected chi connectivity index (χ2v) is 5.00. The molecule has 0 aliphatic rings. The predicted molar refractivity (Wildman–Crippen MR) is 81.1 cm³/mol. The first kappa shape index (κ1) is 16.9. The van der Waals surface area contributed by atoms with Gasteiger partial charge in [0.1, 0.15) is 11.6 Å². The van der Waals surface area contributed by atoms with Crippen LogP contribution in [0.25, 0.3) is 0 Å². The molecular formula is C16H12ClF2NO3. The van der Waals surface area contributed by atoms with Crippen LogP contribution in [0.4, 0.5) is 14.5 Å². The highest BCUT2D eigenvalue weighted by molar-refractivity contribution is 6.31. The lowest BCUT2D eigenvalue weighted by Gasteiger charge is -2.08. The Labute approximate surface area is 136 Å². The largest absolute Gasteiger partial charge is 0.455 e. The van der Waals surface area contributed by atoms with E-state index < -0.39 is 36.5 Å². The van der Waals surface area contributed by atoms with Gasteiger partial charge in [0.05, 0.1) is 6.42 Å². The second kappa shape index (κ2) is 7.69. The summed E-state index contributed by atoms with van der Waals surface area (Å²) in [4.78, 5) is 23.2. The molecule has 23 heavy (non-hydrogen) atoms. The number of hydrogen-bond acceptors (Lipinski definition) is 3. The molecule has 0 atom stereocenters. The molecule has 4 nitrogen and oxygen atoms in total. The van der Waals surface area contributed by atoms with Crippen molar-refractivity contribution in [2.45, 2.75) is 6.42 Å². The average Bonchev–Trinajstić information content (AvgIpc) is 2.49. The van der Waals surface area contributed by atoms with Crippen LogP contribution in [0.3, 0.4) is 0 Å². The van der Waals surface area contributed by atoms with E-state index in [1.807, 2.05) is 0 Å². The predicted octanol–water partition coefficient (Wildman–Crippen LogP) is 3.34. The topological polar surface area (TPSA) is 55.4 Å².